The van der Waals surface area contributed by atoms with Gasteiger partial charge in [0.1, 0.15) is 18.7 Å². The predicted molar refractivity (Wildman–Crippen MR) is 182 cm³/mol. The van der Waals surface area contributed by atoms with Crippen molar-refractivity contribution in [2.75, 3.05) is 20.3 Å². The molecule has 2 aliphatic heterocycles. The molecular weight excluding hydrogens is 633 g/mol. The lowest BCUT2D eigenvalue weighted by Crippen LogP contribution is -2.45. The average molecular weight is 678 g/mol. The van der Waals surface area contributed by atoms with Crippen molar-refractivity contribution >= 4 is 31.4 Å². The van der Waals surface area contributed by atoms with Crippen molar-refractivity contribution in [1.29, 1.82) is 0 Å². The number of aromatic nitrogens is 4. The van der Waals surface area contributed by atoms with Gasteiger partial charge in [0.15, 0.2) is 23.6 Å². The van der Waals surface area contributed by atoms with Crippen molar-refractivity contribution < 1.29 is 33.3 Å². The van der Waals surface area contributed by atoms with Crippen LogP contribution < -0.4 is 4.74 Å². The van der Waals surface area contributed by atoms with Crippen molar-refractivity contribution in [2.24, 2.45) is 0 Å². The van der Waals surface area contributed by atoms with Crippen molar-refractivity contribution in [3.8, 4) is 28.4 Å². The smallest absolute Gasteiger partial charge is 0.408 e. The minimum Gasteiger partial charge on any atom is -0.494 e. The van der Waals surface area contributed by atoms with Gasteiger partial charge in [0, 0.05) is 33.1 Å². The van der Waals surface area contributed by atoms with Crippen LogP contribution in [0.15, 0.2) is 30.3 Å². The van der Waals surface area contributed by atoms with E-state index in [0.717, 1.165) is 57.8 Å². The molecule has 2 aromatic heterocycles. The number of rotatable bonds is 11. The number of carbonyl (C=O) groups excluding carboxylic acids is 1. The van der Waals surface area contributed by atoms with Crippen LogP contribution in [-0.2, 0) is 40.4 Å². The summed E-state index contributed by atoms with van der Waals surface area (Å²) in [5.41, 5.74) is 5.34. The molecule has 0 bridgehead atoms. The molecule has 0 aliphatic carbocycles. The number of nitrogens with zero attached hydrogens (tertiary/aromatic N) is 5. The van der Waals surface area contributed by atoms with Gasteiger partial charge in [0.25, 0.3) is 0 Å². The Balaban J connectivity index is 1.51. The van der Waals surface area contributed by atoms with Crippen LogP contribution in [0.5, 0.6) is 5.75 Å². The molecule has 4 heterocycles. The van der Waals surface area contributed by atoms with Gasteiger partial charge in [0.2, 0.25) is 0 Å². The van der Waals surface area contributed by atoms with E-state index in [-0.39, 0.29) is 31.7 Å². The lowest BCUT2D eigenvalue weighted by atomic mass is 9.96. The first-order valence-corrected chi connectivity index (χ1v) is 20.4. The highest BCUT2D eigenvalue weighted by Gasteiger charge is 2.35. The summed E-state index contributed by atoms with van der Waals surface area (Å²) in [6, 6.07) is 9.38. The summed E-state index contributed by atoms with van der Waals surface area (Å²) in [4.78, 5) is 30.3. The molecule has 2 atom stereocenters. The van der Waals surface area contributed by atoms with Crippen molar-refractivity contribution in [1.82, 2.24) is 24.2 Å². The molecule has 0 saturated carbocycles. The van der Waals surface area contributed by atoms with Crippen LogP contribution in [0.1, 0.15) is 49.4 Å². The molecule has 1 saturated heterocycles. The summed E-state index contributed by atoms with van der Waals surface area (Å²) < 4.78 is 36.5. The van der Waals surface area contributed by atoms with Gasteiger partial charge < -0.3 is 28.7 Å². The van der Waals surface area contributed by atoms with E-state index in [1.165, 1.54) is 13.2 Å². The van der Waals surface area contributed by atoms with Crippen LogP contribution in [0.2, 0.25) is 25.7 Å². The molecule has 2 aromatic carbocycles. The molecule has 256 valence electrons. The van der Waals surface area contributed by atoms with Gasteiger partial charge in [-0.2, -0.15) is 5.10 Å². The first kappa shape index (κ1) is 33.8. The molecule has 11 nitrogen and oxygen atoms in total. The van der Waals surface area contributed by atoms with E-state index in [2.05, 4.69) is 19.6 Å². The lowest BCUT2D eigenvalue weighted by molar-refractivity contribution is -0.112. The number of hydrogen-bond donors (Lipinski definition) is 1. The molecule has 0 spiro atoms. The maximum atomic E-state index is 15.0. The number of amides is 1. The average Bonchev–Trinajstić information content (AvgIpc) is 3.63. The predicted octanol–water partition coefficient (Wildman–Crippen LogP) is 6.89. The van der Waals surface area contributed by atoms with Crippen LogP contribution in [0.3, 0.4) is 0 Å². The van der Waals surface area contributed by atoms with E-state index >= 15 is 0 Å². The molecule has 13 heteroatoms. The first-order valence-electron chi connectivity index (χ1n) is 16.6. The van der Waals surface area contributed by atoms with E-state index in [1.54, 1.807) is 6.07 Å². The molecular formula is C35H44FN5O6Si. The van der Waals surface area contributed by atoms with Gasteiger partial charge in [-0.15, -0.1) is 0 Å². The quantitative estimate of drug-likeness (QED) is 0.104. The van der Waals surface area contributed by atoms with Crippen LogP contribution in [0.4, 0.5) is 9.18 Å². The second kappa shape index (κ2) is 13.8. The number of fused-ring (bicyclic) bond motifs is 2. The standard InChI is InChI=1S/C35H44FN5O6Si/c1-6-22-16-31(45-2)27(36)18-26(22)23-10-11-25-29(15-23)41(32-9-7-8-12-47-32)38-33(25)34-37-28-17-24(20-42)39(35(43)44)19-30(28)40(34)21-46-13-14-48(3,4)5/h10-11,15-16,18,20,24,32H,6-9,12-14,17,19,21H2,1-5H3,(H,43,44). The number of methoxy groups -OCH3 is 1. The zero-order valence-electron chi connectivity index (χ0n) is 28.3. The second-order valence-corrected chi connectivity index (χ2v) is 19.4. The van der Waals surface area contributed by atoms with Crippen molar-refractivity contribution in [3.63, 3.8) is 0 Å². The van der Waals surface area contributed by atoms with Gasteiger partial charge in [-0.25, -0.2) is 18.9 Å². The summed E-state index contributed by atoms with van der Waals surface area (Å²) in [6.07, 6.45) is 2.82. The number of imidazole rings is 1. The van der Waals surface area contributed by atoms with Crippen molar-refractivity contribution in [3.05, 3.63) is 53.1 Å². The van der Waals surface area contributed by atoms with E-state index in [0.29, 0.717) is 48.8 Å². The lowest BCUT2D eigenvalue weighted by Gasteiger charge is -2.30. The van der Waals surface area contributed by atoms with Crippen LogP contribution in [0.25, 0.3) is 33.5 Å². The van der Waals surface area contributed by atoms with Gasteiger partial charge in [-0.1, -0.05) is 32.6 Å². The highest BCUT2D eigenvalue weighted by molar-refractivity contribution is 6.76. The third-order valence-electron chi connectivity index (χ3n) is 9.32. The molecule has 2 unspecified atom stereocenters. The Morgan fingerprint density at radius 2 is 2.02 bits per heavy atom. The highest BCUT2D eigenvalue weighted by Crippen LogP contribution is 2.38. The van der Waals surface area contributed by atoms with E-state index in [1.807, 2.05) is 34.4 Å². The Bertz CT molecular complexity index is 1830. The molecule has 0 radical (unpaired) electrons. The largest absolute Gasteiger partial charge is 0.494 e. The molecule has 2 aliphatic rings. The van der Waals surface area contributed by atoms with Crippen LogP contribution in [0, 0.1) is 5.82 Å². The molecule has 48 heavy (non-hydrogen) atoms. The molecule has 1 fully saturated rings. The zero-order chi connectivity index (χ0) is 34.2. The monoisotopic (exact) mass is 677 g/mol. The maximum Gasteiger partial charge on any atom is 0.408 e. The molecule has 4 aromatic rings. The minimum atomic E-state index is -1.36. The third kappa shape index (κ3) is 6.63. The number of halogens is 1. The fourth-order valence-electron chi connectivity index (χ4n) is 6.57. The normalized spacial score (nSPS) is 18.2. The first-order chi connectivity index (χ1) is 23.0. The van der Waals surface area contributed by atoms with Crippen LogP contribution >= 0.6 is 0 Å². The number of ether oxygens (including phenoxy) is 3. The SMILES string of the molecule is CCc1cc(OC)c(F)cc1-c1ccc2c(-c3nc4c(n3COCC[Si](C)(C)C)CN(C(=O)O)C(C=O)C4)nn(C3CCCCO3)c2c1. The molecule has 1 amide bonds. The topological polar surface area (TPSA) is 121 Å². The number of benzene rings is 2. The fourth-order valence-corrected chi connectivity index (χ4v) is 7.32. The van der Waals surface area contributed by atoms with Gasteiger partial charge in [0.05, 0.1) is 36.6 Å². The summed E-state index contributed by atoms with van der Waals surface area (Å²) in [6.45, 7) is 10.3. The second-order valence-electron chi connectivity index (χ2n) is 13.8. The van der Waals surface area contributed by atoms with Gasteiger partial charge >= 0.3 is 6.09 Å². The Morgan fingerprint density at radius 1 is 1.21 bits per heavy atom. The van der Waals surface area contributed by atoms with E-state index in [9.17, 15) is 19.1 Å². The number of carboxylic acid groups (broad SMARTS) is 1. The van der Waals surface area contributed by atoms with E-state index < -0.39 is 26.0 Å². The van der Waals surface area contributed by atoms with Crippen molar-refractivity contribution in [2.45, 2.75) is 90.3 Å². The van der Waals surface area contributed by atoms with Gasteiger partial charge in [-0.05, 0) is 72.7 Å². The Morgan fingerprint density at radius 3 is 2.69 bits per heavy atom. The van der Waals surface area contributed by atoms with E-state index in [4.69, 9.17) is 24.3 Å². The minimum absolute atomic E-state index is 0.00973. The fraction of sp³-hybridized carbons (Fsp3) is 0.486. The zero-order valence-corrected chi connectivity index (χ0v) is 29.3. The summed E-state index contributed by atoms with van der Waals surface area (Å²) in [7, 11) is 0.102. The summed E-state index contributed by atoms with van der Waals surface area (Å²) in [5.74, 6) is 0.322. The highest BCUT2D eigenvalue weighted by atomic mass is 28.3. The maximum absolute atomic E-state index is 15.0. The number of hydrogen-bond acceptors (Lipinski definition) is 7. The number of aldehydes is 1. The molecule has 1 N–H and O–H groups in total. The summed E-state index contributed by atoms with van der Waals surface area (Å²) in [5, 5.41) is 15.9. The summed E-state index contributed by atoms with van der Waals surface area (Å²) >= 11 is 0. The Hall–Kier alpha value is -4.07. The number of carbonyl (C=O) groups is 2. The van der Waals surface area contributed by atoms with Gasteiger partial charge in [-0.3, -0.25) is 4.90 Å². The molecule has 6 rings (SSSR count). The Labute approximate surface area is 280 Å². The van der Waals surface area contributed by atoms with Crippen LogP contribution in [-0.4, -0.2) is 76.2 Å². The Kier molecular flexibility index (Phi) is 9.73. The number of aryl methyl sites for hydroxylation is 1. The third-order valence-corrected chi connectivity index (χ3v) is 11.0.